The molecule has 33 heavy (non-hydrogen) atoms. The molecule has 0 saturated heterocycles. The lowest BCUT2D eigenvalue weighted by Gasteiger charge is -2.22. The molecule has 0 unspecified atom stereocenters. The maximum atomic E-state index is 12.9. The van der Waals surface area contributed by atoms with Gasteiger partial charge in [-0.05, 0) is 39.0 Å². The van der Waals surface area contributed by atoms with Gasteiger partial charge in [-0.1, -0.05) is 19.0 Å². The third-order valence-corrected chi connectivity index (χ3v) is 7.62. The van der Waals surface area contributed by atoms with Gasteiger partial charge in [-0.15, -0.1) is 0 Å². The topological polar surface area (TPSA) is 123 Å². The van der Waals surface area contributed by atoms with Gasteiger partial charge in [-0.3, -0.25) is 4.79 Å². The van der Waals surface area contributed by atoms with Gasteiger partial charge >= 0.3 is 0 Å². The monoisotopic (exact) mass is 476 g/mol. The Kier molecular flexibility index (Phi) is 7.23. The lowest BCUT2D eigenvalue weighted by atomic mass is 10.0. The van der Waals surface area contributed by atoms with Crippen molar-refractivity contribution in [3.05, 3.63) is 35.7 Å². The molecule has 0 fully saturated rings. The van der Waals surface area contributed by atoms with Gasteiger partial charge in [-0.2, -0.15) is 9.29 Å². The lowest BCUT2D eigenvalue weighted by molar-refractivity contribution is -0.122. The molecule has 1 aromatic carbocycles. The number of hydrogen-bond donors (Lipinski definition) is 1. The fourth-order valence-electron chi connectivity index (χ4n) is 3.82. The summed E-state index contributed by atoms with van der Waals surface area (Å²) in [7, 11) is -3.57. The number of carbonyl (C=O) groups excluding carboxylic acids is 1. The summed E-state index contributed by atoms with van der Waals surface area (Å²) in [5.74, 6) is 1.41. The number of imidazole rings is 1. The van der Waals surface area contributed by atoms with Crippen LogP contribution in [0.4, 0.5) is 0 Å². The molecule has 2 heterocycles. The Balaban J connectivity index is 1.80. The molecule has 1 N–H and O–H groups in total. The number of amides is 1. The van der Waals surface area contributed by atoms with Crippen LogP contribution in [-0.2, 0) is 33.3 Å². The quantitative estimate of drug-likeness (QED) is 0.477. The highest BCUT2D eigenvalue weighted by Gasteiger charge is 2.28. The highest BCUT2D eigenvalue weighted by molar-refractivity contribution is 7.89. The van der Waals surface area contributed by atoms with Gasteiger partial charge in [0.25, 0.3) is 0 Å². The zero-order valence-corrected chi connectivity index (χ0v) is 20.9. The van der Waals surface area contributed by atoms with Crippen molar-refractivity contribution in [3.63, 3.8) is 0 Å². The molecular weight excluding hydrogens is 444 g/mol. The lowest BCUT2D eigenvalue weighted by Crippen LogP contribution is -2.42. The van der Waals surface area contributed by atoms with Crippen molar-refractivity contribution in [1.82, 2.24) is 29.3 Å². The molecule has 10 nitrogen and oxygen atoms in total. The molecule has 3 aromatic rings. The van der Waals surface area contributed by atoms with E-state index in [1.165, 1.54) is 4.31 Å². The maximum Gasteiger partial charge on any atom is 0.243 e. The van der Waals surface area contributed by atoms with Gasteiger partial charge in [0.05, 0.1) is 21.5 Å². The van der Waals surface area contributed by atoms with Crippen LogP contribution in [0.2, 0.25) is 0 Å². The van der Waals surface area contributed by atoms with Gasteiger partial charge in [0, 0.05) is 39.4 Å². The summed E-state index contributed by atoms with van der Waals surface area (Å²) in [4.78, 5) is 21.7. The first-order valence-corrected chi connectivity index (χ1v) is 12.6. The summed E-state index contributed by atoms with van der Waals surface area (Å²) in [6, 6.07) is 5.02. The molecule has 0 atom stereocenters. The number of nitrogens with zero attached hydrogens (tertiary/aromatic N) is 5. The fraction of sp³-hybridized carbons (Fsp3) is 0.545. The van der Waals surface area contributed by atoms with E-state index in [2.05, 4.69) is 20.4 Å². The van der Waals surface area contributed by atoms with Gasteiger partial charge in [0.15, 0.2) is 5.82 Å². The van der Waals surface area contributed by atoms with Crippen LogP contribution in [0, 0.1) is 6.92 Å². The molecule has 180 valence electrons. The molecule has 0 bridgehead atoms. The number of aromatic nitrogens is 4. The second kappa shape index (κ2) is 9.60. The highest BCUT2D eigenvalue weighted by Crippen LogP contribution is 2.24. The second-order valence-electron chi connectivity index (χ2n) is 8.32. The molecule has 0 aliphatic rings. The molecule has 0 spiro atoms. The Labute approximate surface area is 194 Å². The number of sulfonamides is 1. The SMILES string of the molecule is CCN(CC)S(=O)(=O)c1ccc2c(c1)nc(CCC(=O)NC(C)(C)c1noc(C)n1)n2CC. The number of rotatable bonds is 10. The number of hydrogen-bond acceptors (Lipinski definition) is 7. The summed E-state index contributed by atoms with van der Waals surface area (Å²) in [5.41, 5.74) is 0.671. The highest BCUT2D eigenvalue weighted by atomic mass is 32.2. The van der Waals surface area contributed by atoms with E-state index >= 15 is 0 Å². The van der Waals surface area contributed by atoms with Crippen molar-refractivity contribution in [2.45, 2.75) is 71.4 Å². The van der Waals surface area contributed by atoms with E-state index in [9.17, 15) is 13.2 Å². The predicted molar refractivity (Wildman–Crippen MR) is 124 cm³/mol. The standard InChI is InChI=1S/C22H32N6O4S/c1-7-27(8-2)33(30,31)16-10-11-18-17(14-16)24-19(28(18)9-3)12-13-20(29)25-22(5,6)21-23-15(4)32-26-21/h10-11,14H,7-9,12-13H2,1-6H3,(H,25,29). The van der Waals surface area contributed by atoms with Crippen LogP contribution in [0.25, 0.3) is 11.0 Å². The second-order valence-corrected chi connectivity index (χ2v) is 10.3. The Hall–Kier alpha value is -2.79. The molecule has 0 aliphatic heterocycles. The number of carbonyl (C=O) groups is 1. The minimum Gasteiger partial charge on any atom is -0.344 e. The van der Waals surface area contributed by atoms with Crippen LogP contribution in [0.3, 0.4) is 0 Å². The van der Waals surface area contributed by atoms with Gasteiger partial charge in [0.2, 0.25) is 21.8 Å². The zero-order chi connectivity index (χ0) is 24.4. The molecule has 11 heteroatoms. The van der Waals surface area contributed by atoms with Crippen LogP contribution in [0.1, 0.15) is 58.6 Å². The van der Waals surface area contributed by atoms with Crippen molar-refractivity contribution < 1.29 is 17.7 Å². The van der Waals surface area contributed by atoms with E-state index in [0.717, 1.165) is 11.3 Å². The van der Waals surface area contributed by atoms with Crippen LogP contribution < -0.4 is 5.32 Å². The largest absolute Gasteiger partial charge is 0.344 e. The Morgan fingerprint density at radius 2 is 1.88 bits per heavy atom. The van der Waals surface area contributed by atoms with E-state index in [4.69, 9.17) is 4.52 Å². The third kappa shape index (κ3) is 5.09. The van der Waals surface area contributed by atoms with Crippen LogP contribution in [-0.4, -0.2) is 51.4 Å². The molecular formula is C22H32N6O4S. The summed E-state index contributed by atoms with van der Waals surface area (Å²) >= 11 is 0. The van der Waals surface area contributed by atoms with E-state index in [1.807, 2.05) is 39.2 Å². The molecule has 1 amide bonds. The summed E-state index contributed by atoms with van der Waals surface area (Å²) < 4.78 is 34.2. The van der Waals surface area contributed by atoms with Crippen LogP contribution in [0.5, 0.6) is 0 Å². The summed E-state index contributed by atoms with van der Waals surface area (Å²) in [6.45, 7) is 12.4. The Bertz CT molecular complexity index is 1240. The smallest absolute Gasteiger partial charge is 0.243 e. The molecule has 2 aromatic heterocycles. The first kappa shape index (κ1) is 24.8. The van der Waals surface area contributed by atoms with Crippen molar-refractivity contribution in [2.24, 2.45) is 0 Å². The minimum atomic E-state index is -3.57. The number of benzene rings is 1. The van der Waals surface area contributed by atoms with Gasteiger partial charge < -0.3 is 14.4 Å². The van der Waals surface area contributed by atoms with E-state index in [0.29, 0.717) is 43.3 Å². The summed E-state index contributed by atoms with van der Waals surface area (Å²) in [6.07, 6.45) is 0.627. The minimum absolute atomic E-state index is 0.165. The van der Waals surface area contributed by atoms with E-state index in [1.54, 1.807) is 25.1 Å². The Morgan fingerprint density at radius 1 is 1.18 bits per heavy atom. The third-order valence-electron chi connectivity index (χ3n) is 5.57. The van der Waals surface area contributed by atoms with Gasteiger partial charge in [-0.25, -0.2) is 13.4 Å². The van der Waals surface area contributed by atoms with Gasteiger partial charge in [0.1, 0.15) is 5.82 Å². The molecule has 0 aliphatic carbocycles. The van der Waals surface area contributed by atoms with E-state index in [-0.39, 0.29) is 17.2 Å². The summed E-state index contributed by atoms with van der Waals surface area (Å²) in [5, 5.41) is 6.83. The number of aryl methyl sites for hydroxylation is 3. The first-order chi connectivity index (χ1) is 15.5. The first-order valence-electron chi connectivity index (χ1n) is 11.1. The fourth-order valence-corrected chi connectivity index (χ4v) is 5.30. The van der Waals surface area contributed by atoms with Crippen molar-refractivity contribution in [1.29, 1.82) is 0 Å². The predicted octanol–water partition coefficient (Wildman–Crippen LogP) is 2.76. The zero-order valence-electron chi connectivity index (χ0n) is 20.0. The van der Waals surface area contributed by atoms with Crippen molar-refractivity contribution >= 4 is 27.0 Å². The number of nitrogens with one attached hydrogen (secondary N) is 1. The molecule has 0 saturated carbocycles. The number of fused-ring (bicyclic) bond motifs is 1. The molecule has 0 radical (unpaired) electrons. The van der Waals surface area contributed by atoms with Crippen molar-refractivity contribution in [2.75, 3.05) is 13.1 Å². The van der Waals surface area contributed by atoms with E-state index < -0.39 is 15.6 Å². The normalized spacial score (nSPS) is 12.6. The molecule has 3 rings (SSSR count). The average molecular weight is 477 g/mol. The maximum absolute atomic E-state index is 12.9. The Morgan fingerprint density at radius 3 is 2.45 bits per heavy atom. The van der Waals surface area contributed by atoms with Crippen LogP contribution >= 0.6 is 0 Å². The van der Waals surface area contributed by atoms with Crippen LogP contribution in [0.15, 0.2) is 27.6 Å². The van der Waals surface area contributed by atoms with Crippen molar-refractivity contribution in [3.8, 4) is 0 Å². The average Bonchev–Trinajstić information content (AvgIpc) is 3.35.